The summed E-state index contributed by atoms with van der Waals surface area (Å²) in [6.45, 7) is 8.38. The van der Waals surface area contributed by atoms with Crippen molar-refractivity contribution < 1.29 is 0 Å². The molecule has 1 saturated heterocycles. The van der Waals surface area contributed by atoms with Gasteiger partial charge in [0.1, 0.15) is 0 Å². The Bertz CT molecular complexity index is 759. The summed E-state index contributed by atoms with van der Waals surface area (Å²) in [6.07, 6.45) is 10.8. The molecule has 1 aliphatic heterocycles. The van der Waals surface area contributed by atoms with Gasteiger partial charge in [0.05, 0.1) is 0 Å². The summed E-state index contributed by atoms with van der Waals surface area (Å²) in [5, 5.41) is 1.44. The lowest BCUT2D eigenvalue weighted by Gasteiger charge is -2.42. The zero-order chi connectivity index (χ0) is 19.7. The lowest BCUT2D eigenvalue weighted by Crippen LogP contribution is -2.43. The van der Waals surface area contributed by atoms with Crippen molar-refractivity contribution in [1.82, 2.24) is 14.4 Å². The average molecular weight is 382 g/mol. The standard InChI is InChI=1S/C25H39N3/c1-19(2)20-9-11-22(12-10-20)27-15-13-23(14-16-27)28-18-21(17-26(3)4)24-7-5-6-8-25(24)28/h5-8,18-20,22-23H,9-17H2,1-4H3/t20-,22+. The molecule has 3 heteroatoms. The van der Waals surface area contributed by atoms with Crippen molar-refractivity contribution in [3.05, 3.63) is 36.0 Å². The molecular formula is C25H39N3. The van der Waals surface area contributed by atoms with Crippen LogP contribution in [0.25, 0.3) is 10.9 Å². The fourth-order valence-corrected chi connectivity index (χ4v) is 5.71. The van der Waals surface area contributed by atoms with E-state index >= 15 is 0 Å². The van der Waals surface area contributed by atoms with Gasteiger partial charge in [-0.1, -0.05) is 32.0 Å². The summed E-state index contributed by atoms with van der Waals surface area (Å²) in [5.41, 5.74) is 2.89. The van der Waals surface area contributed by atoms with Crippen molar-refractivity contribution >= 4 is 10.9 Å². The fraction of sp³-hybridized carbons (Fsp3) is 0.680. The van der Waals surface area contributed by atoms with Gasteiger partial charge in [0, 0.05) is 48.8 Å². The van der Waals surface area contributed by atoms with E-state index < -0.39 is 0 Å². The van der Waals surface area contributed by atoms with Gasteiger partial charge in [0.15, 0.2) is 0 Å². The Labute approximate surface area is 171 Å². The van der Waals surface area contributed by atoms with Crippen LogP contribution < -0.4 is 0 Å². The van der Waals surface area contributed by atoms with E-state index in [1.807, 2.05) is 0 Å². The van der Waals surface area contributed by atoms with Crippen molar-refractivity contribution in [2.45, 2.75) is 71.0 Å². The van der Waals surface area contributed by atoms with Gasteiger partial charge in [-0.15, -0.1) is 0 Å². The van der Waals surface area contributed by atoms with E-state index in [2.05, 4.69) is 72.8 Å². The number of fused-ring (bicyclic) bond motifs is 1. The largest absolute Gasteiger partial charge is 0.344 e. The van der Waals surface area contributed by atoms with Gasteiger partial charge < -0.3 is 14.4 Å². The van der Waals surface area contributed by atoms with Crippen LogP contribution in [0.5, 0.6) is 0 Å². The Hall–Kier alpha value is -1.32. The average Bonchev–Trinajstić information content (AvgIpc) is 3.06. The first-order valence-electron chi connectivity index (χ1n) is 11.5. The van der Waals surface area contributed by atoms with E-state index in [9.17, 15) is 0 Å². The molecule has 1 aromatic carbocycles. The van der Waals surface area contributed by atoms with E-state index in [0.29, 0.717) is 6.04 Å². The minimum absolute atomic E-state index is 0.657. The SMILES string of the molecule is CC(C)[C@H]1CC[C@@H](N2CCC(n3cc(CN(C)C)c4ccccc43)CC2)CC1. The maximum atomic E-state index is 2.82. The van der Waals surface area contributed by atoms with Crippen LogP contribution in [0.1, 0.15) is 64.0 Å². The Balaban J connectivity index is 1.42. The zero-order valence-corrected chi connectivity index (χ0v) is 18.4. The van der Waals surface area contributed by atoms with Gasteiger partial charge in [-0.3, -0.25) is 0 Å². The molecule has 1 saturated carbocycles. The predicted octanol–water partition coefficient (Wildman–Crippen LogP) is 5.55. The number of aromatic nitrogens is 1. The Morgan fingerprint density at radius 1 is 0.929 bits per heavy atom. The van der Waals surface area contributed by atoms with Crippen LogP contribution in [0, 0.1) is 11.8 Å². The molecule has 0 amide bonds. The number of benzene rings is 1. The first kappa shape index (κ1) is 20.0. The smallest absolute Gasteiger partial charge is 0.0486 e. The monoisotopic (exact) mass is 381 g/mol. The number of nitrogens with zero attached hydrogens (tertiary/aromatic N) is 3. The molecule has 0 radical (unpaired) electrons. The molecule has 2 aromatic rings. The van der Waals surface area contributed by atoms with Gasteiger partial charge in [-0.25, -0.2) is 0 Å². The molecule has 4 rings (SSSR count). The lowest BCUT2D eigenvalue weighted by molar-refractivity contribution is 0.0893. The van der Waals surface area contributed by atoms with E-state index in [4.69, 9.17) is 0 Å². The minimum atomic E-state index is 0.657. The molecule has 1 aromatic heterocycles. The molecule has 2 fully saturated rings. The third-order valence-corrected chi connectivity index (χ3v) is 7.40. The molecule has 3 nitrogen and oxygen atoms in total. The summed E-state index contributed by atoms with van der Waals surface area (Å²) < 4.78 is 2.60. The highest BCUT2D eigenvalue weighted by atomic mass is 15.2. The summed E-state index contributed by atoms with van der Waals surface area (Å²) >= 11 is 0. The van der Waals surface area contributed by atoms with Crippen LogP contribution in [0.3, 0.4) is 0 Å². The van der Waals surface area contributed by atoms with Crippen molar-refractivity contribution in [3.8, 4) is 0 Å². The van der Waals surface area contributed by atoms with Crippen LogP contribution in [0.2, 0.25) is 0 Å². The number of rotatable bonds is 5. The van der Waals surface area contributed by atoms with Crippen LogP contribution in [-0.2, 0) is 6.54 Å². The highest BCUT2D eigenvalue weighted by molar-refractivity contribution is 5.84. The zero-order valence-electron chi connectivity index (χ0n) is 18.4. The normalized spacial score (nSPS) is 25.2. The Morgan fingerprint density at radius 2 is 1.61 bits per heavy atom. The van der Waals surface area contributed by atoms with Crippen LogP contribution in [0.15, 0.2) is 30.5 Å². The maximum Gasteiger partial charge on any atom is 0.0486 e. The van der Waals surface area contributed by atoms with Crippen LogP contribution >= 0.6 is 0 Å². The van der Waals surface area contributed by atoms with Crippen LogP contribution in [0.4, 0.5) is 0 Å². The third-order valence-electron chi connectivity index (χ3n) is 7.40. The van der Waals surface area contributed by atoms with Gasteiger partial charge in [-0.05, 0) is 76.1 Å². The van der Waals surface area contributed by atoms with Crippen molar-refractivity contribution in [2.75, 3.05) is 27.2 Å². The van der Waals surface area contributed by atoms with Gasteiger partial charge in [0.2, 0.25) is 0 Å². The van der Waals surface area contributed by atoms with E-state index in [-0.39, 0.29) is 0 Å². The third kappa shape index (κ3) is 4.16. The second kappa shape index (κ2) is 8.59. The second-order valence-electron chi connectivity index (χ2n) is 9.90. The Kier molecular flexibility index (Phi) is 6.13. The summed E-state index contributed by atoms with van der Waals surface area (Å²) in [4.78, 5) is 5.10. The number of hydrogen-bond acceptors (Lipinski definition) is 2. The summed E-state index contributed by atoms with van der Waals surface area (Å²) in [5.74, 6) is 1.83. The molecular weight excluding hydrogens is 342 g/mol. The van der Waals surface area contributed by atoms with Gasteiger partial charge >= 0.3 is 0 Å². The molecule has 2 heterocycles. The van der Waals surface area contributed by atoms with Crippen LogP contribution in [-0.4, -0.2) is 47.6 Å². The second-order valence-corrected chi connectivity index (χ2v) is 9.90. The topological polar surface area (TPSA) is 11.4 Å². The summed E-state index contributed by atoms with van der Waals surface area (Å²) in [7, 11) is 4.33. The lowest BCUT2D eigenvalue weighted by atomic mass is 9.79. The summed E-state index contributed by atoms with van der Waals surface area (Å²) in [6, 6.07) is 10.5. The number of hydrogen-bond donors (Lipinski definition) is 0. The maximum absolute atomic E-state index is 2.82. The molecule has 2 aliphatic rings. The van der Waals surface area contributed by atoms with E-state index in [1.54, 1.807) is 0 Å². The van der Waals surface area contributed by atoms with Crippen molar-refractivity contribution in [1.29, 1.82) is 0 Å². The number of piperidine rings is 1. The van der Waals surface area contributed by atoms with Crippen molar-refractivity contribution in [2.24, 2.45) is 11.8 Å². The number of para-hydroxylation sites is 1. The van der Waals surface area contributed by atoms with Crippen molar-refractivity contribution in [3.63, 3.8) is 0 Å². The first-order chi connectivity index (χ1) is 13.5. The predicted molar refractivity (Wildman–Crippen MR) is 120 cm³/mol. The molecule has 0 atom stereocenters. The molecule has 154 valence electrons. The van der Waals surface area contributed by atoms with Gasteiger partial charge in [-0.2, -0.15) is 0 Å². The molecule has 1 aliphatic carbocycles. The highest BCUT2D eigenvalue weighted by Gasteiger charge is 2.30. The highest BCUT2D eigenvalue weighted by Crippen LogP contribution is 2.36. The Morgan fingerprint density at radius 3 is 2.25 bits per heavy atom. The van der Waals surface area contributed by atoms with E-state index in [1.165, 1.54) is 68.1 Å². The first-order valence-corrected chi connectivity index (χ1v) is 11.5. The quantitative estimate of drug-likeness (QED) is 0.672. The minimum Gasteiger partial charge on any atom is -0.344 e. The molecule has 0 unspecified atom stereocenters. The molecule has 0 N–H and O–H groups in total. The fourth-order valence-electron chi connectivity index (χ4n) is 5.71. The molecule has 0 spiro atoms. The molecule has 28 heavy (non-hydrogen) atoms. The van der Waals surface area contributed by atoms with E-state index in [0.717, 1.165) is 24.4 Å². The molecule has 0 bridgehead atoms. The van der Waals surface area contributed by atoms with Gasteiger partial charge in [0.25, 0.3) is 0 Å². The number of likely N-dealkylation sites (tertiary alicyclic amines) is 1.